The highest BCUT2D eigenvalue weighted by Gasteiger charge is 2.47. The number of imidazole rings is 1. The minimum absolute atomic E-state index is 0.251. The van der Waals surface area contributed by atoms with E-state index in [1.54, 1.807) is 0 Å². The Hall–Kier alpha value is -6.12. The van der Waals surface area contributed by atoms with Gasteiger partial charge in [-0.05, 0) is 58.2 Å². The third-order valence-electron chi connectivity index (χ3n) is 11.7. The van der Waals surface area contributed by atoms with Gasteiger partial charge < -0.3 is 19.3 Å². The molecule has 0 spiro atoms. The van der Waals surface area contributed by atoms with Gasteiger partial charge in [0.15, 0.2) is 0 Å². The van der Waals surface area contributed by atoms with Crippen LogP contribution >= 0.6 is 23.2 Å². The molecule has 6 aromatic carbocycles. The summed E-state index contributed by atoms with van der Waals surface area (Å²) in [5.41, 5.74) is 7.27. The first-order valence-electron chi connectivity index (χ1n) is 22.7. The SMILES string of the molecule is CCCN(C)CCOc1cccc(C2(n3c(-c4cccc(OCCN(C)CCCS(=O)(=O)O)c4Cl)nc(-c4ccccc4)c3-c3ccccc3)N=C(c3ccccc3)C(c3ccccc3)=N2)c1Cl. The molecule has 0 saturated carbocycles. The predicted molar refractivity (Wildman–Crippen MR) is 275 cm³/mol. The Morgan fingerprint density at radius 3 is 1.62 bits per heavy atom. The van der Waals surface area contributed by atoms with E-state index in [4.69, 9.17) is 47.6 Å². The zero-order valence-corrected chi connectivity index (χ0v) is 40.6. The van der Waals surface area contributed by atoms with Gasteiger partial charge in [-0.2, -0.15) is 8.42 Å². The van der Waals surface area contributed by atoms with Gasteiger partial charge in [-0.25, -0.2) is 15.0 Å². The number of nitrogens with zero attached hydrogens (tertiary/aromatic N) is 6. The molecule has 14 heteroatoms. The zero-order valence-electron chi connectivity index (χ0n) is 38.3. The molecule has 0 radical (unpaired) electrons. The lowest BCUT2D eigenvalue weighted by molar-refractivity contribution is 0.237. The number of aromatic nitrogens is 2. The second-order valence-electron chi connectivity index (χ2n) is 16.7. The van der Waals surface area contributed by atoms with Crippen LogP contribution in [0.25, 0.3) is 33.9 Å². The first kappa shape index (κ1) is 48.3. The molecule has 7 aromatic rings. The third kappa shape index (κ3) is 10.9. The van der Waals surface area contributed by atoms with Crippen LogP contribution in [0.4, 0.5) is 0 Å². The van der Waals surface area contributed by atoms with Crippen molar-refractivity contribution in [3.63, 3.8) is 0 Å². The predicted octanol–water partition coefficient (Wildman–Crippen LogP) is 11.2. The van der Waals surface area contributed by atoms with Gasteiger partial charge in [-0.1, -0.05) is 170 Å². The van der Waals surface area contributed by atoms with Crippen LogP contribution in [-0.2, 0) is 15.9 Å². The van der Waals surface area contributed by atoms with Crippen LogP contribution in [0.1, 0.15) is 36.5 Å². The van der Waals surface area contributed by atoms with Gasteiger partial charge in [0.05, 0.1) is 38.6 Å². The molecule has 11 nitrogen and oxygen atoms in total. The van der Waals surface area contributed by atoms with Gasteiger partial charge in [-0.15, -0.1) is 0 Å². The van der Waals surface area contributed by atoms with Gasteiger partial charge in [0.1, 0.15) is 30.5 Å². The van der Waals surface area contributed by atoms with Crippen molar-refractivity contribution in [2.24, 2.45) is 9.98 Å². The Morgan fingerprint density at radius 2 is 1.09 bits per heavy atom. The van der Waals surface area contributed by atoms with Crippen molar-refractivity contribution in [1.29, 1.82) is 0 Å². The zero-order chi connectivity index (χ0) is 47.7. The summed E-state index contributed by atoms with van der Waals surface area (Å²) in [5, 5.41) is 0.669. The van der Waals surface area contributed by atoms with Gasteiger partial charge in [0.25, 0.3) is 15.9 Å². The molecule has 1 aromatic heterocycles. The average Bonchev–Trinajstić information content (AvgIpc) is 3.95. The molecule has 0 fully saturated rings. The summed E-state index contributed by atoms with van der Waals surface area (Å²) in [5.74, 6) is -0.592. The van der Waals surface area contributed by atoms with E-state index in [9.17, 15) is 13.0 Å². The van der Waals surface area contributed by atoms with E-state index in [0.717, 1.165) is 40.9 Å². The van der Waals surface area contributed by atoms with Crippen molar-refractivity contribution < 1.29 is 22.4 Å². The fourth-order valence-electron chi connectivity index (χ4n) is 8.36. The summed E-state index contributed by atoms with van der Waals surface area (Å²) >= 11 is 15.2. The maximum Gasteiger partial charge on any atom is 0.264 e. The number of ether oxygens (including phenoxy) is 2. The molecule has 0 unspecified atom stereocenters. The summed E-state index contributed by atoms with van der Waals surface area (Å²) in [6.07, 6.45) is 1.31. The van der Waals surface area contributed by atoms with E-state index in [1.807, 2.05) is 158 Å². The maximum atomic E-state index is 11.3. The largest absolute Gasteiger partial charge is 0.491 e. The molecule has 68 heavy (non-hydrogen) atoms. The summed E-state index contributed by atoms with van der Waals surface area (Å²) in [7, 11) is -0.108. The molecular weight excluding hydrogens is 916 g/mol. The van der Waals surface area contributed by atoms with E-state index >= 15 is 0 Å². The monoisotopic (exact) mass is 968 g/mol. The van der Waals surface area contributed by atoms with Crippen LogP contribution in [0, 0.1) is 0 Å². The van der Waals surface area contributed by atoms with Crippen LogP contribution in [0.5, 0.6) is 11.5 Å². The Labute approximate surface area is 409 Å². The number of hydrogen-bond acceptors (Lipinski definition) is 9. The Kier molecular flexibility index (Phi) is 15.6. The molecule has 0 aliphatic carbocycles. The second kappa shape index (κ2) is 21.9. The first-order valence-corrected chi connectivity index (χ1v) is 25.0. The molecular formula is C54H54Cl2N6O5S. The van der Waals surface area contributed by atoms with Crippen molar-refractivity contribution in [2.75, 3.05) is 59.2 Å². The summed E-state index contributed by atoms with van der Waals surface area (Å²) in [6.45, 7) is 5.38. The number of hydrogen-bond donors (Lipinski definition) is 1. The van der Waals surface area contributed by atoms with Crippen LogP contribution in [0.3, 0.4) is 0 Å². The van der Waals surface area contributed by atoms with E-state index in [0.29, 0.717) is 81.9 Å². The second-order valence-corrected chi connectivity index (χ2v) is 19.0. The van der Waals surface area contributed by atoms with Crippen molar-refractivity contribution in [3.05, 3.63) is 184 Å². The molecule has 1 aliphatic rings. The molecule has 350 valence electrons. The topological polar surface area (TPSA) is 122 Å². The lowest BCUT2D eigenvalue weighted by Crippen LogP contribution is -2.32. The number of benzene rings is 6. The van der Waals surface area contributed by atoms with Crippen molar-refractivity contribution in [2.45, 2.75) is 25.6 Å². The van der Waals surface area contributed by atoms with E-state index in [2.05, 4.69) is 35.6 Å². The molecule has 0 amide bonds. The molecule has 2 heterocycles. The van der Waals surface area contributed by atoms with E-state index in [1.165, 1.54) is 0 Å². The highest BCUT2D eigenvalue weighted by molar-refractivity contribution is 7.85. The van der Waals surface area contributed by atoms with Crippen LogP contribution in [0.2, 0.25) is 10.0 Å². The van der Waals surface area contributed by atoms with Crippen molar-refractivity contribution in [1.82, 2.24) is 19.4 Å². The lowest BCUT2D eigenvalue weighted by Gasteiger charge is -2.31. The molecule has 1 N–H and O–H groups in total. The summed E-state index contributed by atoms with van der Waals surface area (Å²) < 4.78 is 46.8. The summed E-state index contributed by atoms with van der Waals surface area (Å²) in [4.78, 5) is 21.4. The van der Waals surface area contributed by atoms with Crippen LogP contribution in [-0.4, -0.2) is 103 Å². The van der Waals surface area contributed by atoms with Crippen molar-refractivity contribution in [3.8, 4) is 45.4 Å². The Morgan fingerprint density at radius 1 is 0.603 bits per heavy atom. The van der Waals surface area contributed by atoms with Gasteiger partial charge in [0, 0.05) is 46.5 Å². The highest BCUT2D eigenvalue weighted by atomic mass is 35.5. The van der Waals surface area contributed by atoms with E-state index < -0.39 is 15.9 Å². The minimum Gasteiger partial charge on any atom is -0.491 e. The molecule has 0 saturated heterocycles. The minimum atomic E-state index is -4.05. The maximum absolute atomic E-state index is 11.3. The number of halogens is 2. The van der Waals surface area contributed by atoms with Gasteiger partial charge in [0.2, 0.25) is 0 Å². The van der Waals surface area contributed by atoms with Crippen LogP contribution in [0.15, 0.2) is 168 Å². The van der Waals surface area contributed by atoms with Gasteiger partial charge >= 0.3 is 0 Å². The third-order valence-corrected chi connectivity index (χ3v) is 13.3. The molecule has 0 bridgehead atoms. The highest BCUT2D eigenvalue weighted by Crippen LogP contribution is 2.50. The smallest absolute Gasteiger partial charge is 0.264 e. The number of rotatable bonds is 21. The lowest BCUT2D eigenvalue weighted by atomic mass is 10.0. The van der Waals surface area contributed by atoms with Crippen molar-refractivity contribution >= 4 is 44.7 Å². The summed E-state index contributed by atoms with van der Waals surface area (Å²) in [6, 6.07) is 51.5. The molecule has 1 aliphatic heterocycles. The number of likely N-dealkylation sites (N-methyl/N-ethyl adjacent to an activating group) is 2. The average molecular weight is 970 g/mol. The normalized spacial score (nSPS) is 13.5. The van der Waals surface area contributed by atoms with Gasteiger partial charge in [-0.3, -0.25) is 9.12 Å². The van der Waals surface area contributed by atoms with E-state index in [-0.39, 0.29) is 18.8 Å². The fraction of sp³-hybridized carbons (Fsp3) is 0.241. The number of aliphatic imine (C=N–C) groups is 2. The molecule has 8 rings (SSSR count). The standard InChI is InChI=1S/C54H54Cl2N6O5S/c1-4-32-60(2)34-36-67-46-31-18-29-44(48(46)56)54(58-49(39-20-9-5-10-21-39)50(59-54)40-22-11-6-12-23-40)62-52(42-26-15-8-16-27-42)51(41-24-13-7-14-25-41)57-53(62)43-28-17-30-45(47(43)55)66-37-35-61(3)33-19-38-68(63,64)65/h5-18,20-31H,4,19,32-38H2,1-3H3,(H,63,64,65). The van der Waals surface area contributed by atoms with Crippen LogP contribution < -0.4 is 9.47 Å². The quantitative estimate of drug-likeness (QED) is 0.0707. The molecule has 0 atom stereocenters. The first-order chi connectivity index (χ1) is 33.0. The Balaban J connectivity index is 1.39. The fourth-order valence-corrected chi connectivity index (χ4v) is 9.43. The Bertz CT molecular complexity index is 2930.